The van der Waals surface area contributed by atoms with Gasteiger partial charge in [0.1, 0.15) is 12.6 Å². The van der Waals surface area contributed by atoms with Crippen molar-refractivity contribution in [3.8, 4) is 11.1 Å². The molecule has 7 nitrogen and oxygen atoms in total. The second kappa shape index (κ2) is 11.3. The Morgan fingerprint density at radius 1 is 0.811 bits per heavy atom. The largest absolute Gasteiger partial charge is 0.445 e. The lowest BCUT2D eigenvalue weighted by atomic mass is 10.0. The van der Waals surface area contributed by atoms with Gasteiger partial charge in [-0.3, -0.25) is 14.5 Å². The van der Waals surface area contributed by atoms with Crippen molar-refractivity contribution in [3.05, 3.63) is 90.0 Å². The Morgan fingerprint density at radius 3 is 2.35 bits per heavy atom. The van der Waals surface area contributed by atoms with Gasteiger partial charge >= 0.3 is 6.09 Å². The molecule has 5 rings (SSSR count). The van der Waals surface area contributed by atoms with Gasteiger partial charge in [-0.05, 0) is 60.1 Å². The lowest BCUT2D eigenvalue weighted by Gasteiger charge is -2.23. The Morgan fingerprint density at radius 2 is 1.59 bits per heavy atom. The molecule has 0 bridgehead atoms. The van der Waals surface area contributed by atoms with E-state index in [1.165, 1.54) is 4.90 Å². The lowest BCUT2D eigenvalue weighted by molar-refractivity contribution is -0.122. The summed E-state index contributed by atoms with van der Waals surface area (Å²) < 4.78 is 5.46. The molecule has 2 fully saturated rings. The van der Waals surface area contributed by atoms with Crippen molar-refractivity contribution in [2.45, 2.75) is 44.9 Å². The highest BCUT2D eigenvalue weighted by Gasteiger charge is 2.35. The first-order chi connectivity index (χ1) is 18.1. The van der Waals surface area contributed by atoms with Crippen molar-refractivity contribution in [3.63, 3.8) is 0 Å². The van der Waals surface area contributed by atoms with E-state index >= 15 is 0 Å². The Bertz CT molecular complexity index is 1260. The molecular weight excluding hydrogens is 466 g/mol. The molecule has 0 spiro atoms. The average molecular weight is 498 g/mol. The van der Waals surface area contributed by atoms with Crippen LogP contribution in [-0.2, 0) is 27.5 Å². The minimum atomic E-state index is -0.558. The fourth-order valence-corrected chi connectivity index (χ4v) is 4.56. The maximum Gasteiger partial charge on any atom is 0.410 e. The maximum absolute atomic E-state index is 13.1. The molecule has 1 saturated carbocycles. The van der Waals surface area contributed by atoms with E-state index in [9.17, 15) is 14.4 Å². The van der Waals surface area contributed by atoms with Gasteiger partial charge in [-0.2, -0.15) is 0 Å². The van der Waals surface area contributed by atoms with Crippen LogP contribution < -0.4 is 10.6 Å². The Kier molecular flexibility index (Phi) is 7.49. The molecule has 0 aromatic heterocycles. The van der Waals surface area contributed by atoms with Gasteiger partial charge < -0.3 is 15.4 Å². The highest BCUT2D eigenvalue weighted by molar-refractivity contribution is 5.97. The van der Waals surface area contributed by atoms with Crippen molar-refractivity contribution in [2.75, 3.05) is 11.9 Å². The first-order valence-corrected chi connectivity index (χ1v) is 12.8. The summed E-state index contributed by atoms with van der Waals surface area (Å²) in [6.07, 6.45) is 2.88. The lowest BCUT2D eigenvalue weighted by Crippen LogP contribution is -2.43. The molecule has 1 saturated heterocycles. The van der Waals surface area contributed by atoms with E-state index in [-0.39, 0.29) is 24.3 Å². The number of likely N-dealkylation sites (tertiary alicyclic amines) is 1. The number of hydrogen-bond acceptors (Lipinski definition) is 4. The first-order valence-electron chi connectivity index (χ1n) is 12.8. The molecule has 37 heavy (non-hydrogen) atoms. The van der Waals surface area contributed by atoms with E-state index in [2.05, 4.69) is 10.6 Å². The van der Waals surface area contributed by atoms with Crippen LogP contribution in [0.15, 0.2) is 78.9 Å². The van der Waals surface area contributed by atoms with Crippen molar-refractivity contribution in [1.82, 2.24) is 10.2 Å². The smallest absolute Gasteiger partial charge is 0.410 e. The predicted octanol–water partition coefficient (Wildman–Crippen LogP) is 5.12. The van der Waals surface area contributed by atoms with Gasteiger partial charge in [-0.25, -0.2) is 4.79 Å². The minimum absolute atomic E-state index is 0.137. The highest BCUT2D eigenvalue weighted by Crippen LogP contribution is 2.29. The standard InChI is InChI=1S/C30H31N3O4/c34-28(24-15-16-24)31-19-21-11-13-23(14-12-21)25-8-4-9-26(18-25)32-29(35)27-10-5-17-33(27)30(36)37-20-22-6-2-1-3-7-22/h1-4,6-9,11-14,18,24,27H,5,10,15-17,19-20H2,(H,31,34)(H,32,35)/t27-/m0/s1. The van der Waals surface area contributed by atoms with Crippen molar-refractivity contribution >= 4 is 23.6 Å². The highest BCUT2D eigenvalue weighted by atomic mass is 16.6. The number of ether oxygens (including phenoxy) is 1. The summed E-state index contributed by atoms with van der Waals surface area (Å²) in [6.45, 7) is 1.20. The number of rotatable bonds is 8. The molecule has 0 unspecified atom stereocenters. The van der Waals surface area contributed by atoms with Crippen LogP contribution in [0.5, 0.6) is 0 Å². The summed E-state index contributed by atoms with van der Waals surface area (Å²) in [6, 6.07) is 24.6. The third kappa shape index (κ3) is 6.36. The van der Waals surface area contributed by atoms with Crippen LogP contribution in [0, 0.1) is 5.92 Å². The molecule has 3 aromatic rings. The molecule has 2 aliphatic rings. The number of hydrogen-bond donors (Lipinski definition) is 2. The zero-order valence-electron chi connectivity index (χ0n) is 20.7. The molecule has 1 aliphatic carbocycles. The molecule has 1 aliphatic heterocycles. The van der Waals surface area contributed by atoms with E-state index in [0.29, 0.717) is 25.2 Å². The summed E-state index contributed by atoms with van der Waals surface area (Å²) in [4.78, 5) is 39.1. The number of anilines is 1. The van der Waals surface area contributed by atoms with Gasteiger partial charge in [-0.15, -0.1) is 0 Å². The number of benzene rings is 3. The van der Waals surface area contributed by atoms with Gasteiger partial charge in [0.05, 0.1) is 0 Å². The van der Waals surface area contributed by atoms with Crippen LogP contribution in [0.3, 0.4) is 0 Å². The van der Waals surface area contributed by atoms with Crippen LogP contribution >= 0.6 is 0 Å². The van der Waals surface area contributed by atoms with Gasteiger partial charge in [0, 0.05) is 24.7 Å². The maximum atomic E-state index is 13.1. The molecule has 0 radical (unpaired) electrons. The number of amides is 3. The third-order valence-electron chi connectivity index (χ3n) is 6.83. The molecule has 1 atom stereocenters. The SMILES string of the molecule is O=C(NCc1ccc(-c2cccc(NC(=O)[C@@H]3CCCN3C(=O)OCc3ccccc3)c2)cc1)C1CC1. The molecule has 3 aromatic carbocycles. The molecular formula is C30H31N3O4. The van der Waals surface area contributed by atoms with E-state index in [0.717, 1.165) is 41.5 Å². The number of carbonyl (C=O) groups excluding carboxylic acids is 3. The minimum Gasteiger partial charge on any atom is -0.445 e. The van der Waals surface area contributed by atoms with Crippen LogP contribution in [0.4, 0.5) is 10.5 Å². The van der Waals surface area contributed by atoms with Crippen LogP contribution in [0.2, 0.25) is 0 Å². The first kappa shape index (κ1) is 24.6. The second-order valence-corrected chi connectivity index (χ2v) is 9.65. The Balaban J connectivity index is 1.17. The third-order valence-corrected chi connectivity index (χ3v) is 6.83. The molecule has 2 N–H and O–H groups in total. The van der Waals surface area contributed by atoms with E-state index in [1.807, 2.05) is 78.9 Å². The molecule has 7 heteroatoms. The summed E-state index contributed by atoms with van der Waals surface area (Å²) in [5.74, 6) is 0.124. The normalized spacial score (nSPS) is 16.8. The van der Waals surface area contributed by atoms with Crippen LogP contribution in [-0.4, -0.2) is 35.4 Å². The fraction of sp³-hybridized carbons (Fsp3) is 0.300. The van der Waals surface area contributed by atoms with Gasteiger partial charge in [0.15, 0.2) is 0 Å². The molecule has 1 heterocycles. The summed E-state index contributed by atoms with van der Waals surface area (Å²) in [5, 5.41) is 5.96. The summed E-state index contributed by atoms with van der Waals surface area (Å²) >= 11 is 0. The average Bonchev–Trinajstić information content (AvgIpc) is 3.67. The predicted molar refractivity (Wildman–Crippen MR) is 141 cm³/mol. The number of carbonyl (C=O) groups is 3. The second-order valence-electron chi connectivity index (χ2n) is 9.65. The summed E-state index contributed by atoms with van der Waals surface area (Å²) in [5.41, 5.74) is 4.61. The molecule has 3 amide bonds. The van der Waals surface area contributed by atoms with Crippen molar-refractivity contribution < 1.29 is 19.1 Å². The Hall–Kier alpha value is -4.13. The van der Waals surface area contributed by atoms with E-state index < -0.39 is 12.1 Å². The van der Waals surface area contributed by atoms with Gasteiger partial charge in [-0.1, -0.05) is 66.7 Å². The monoisotopic (exact) mass is 497 g/mol. The fourth-order valence-electron chi connectivity index (χ4n) is 4.56. The molecule has 190 valence electrons. The van der Waals surface area contributed by atoms with Crippen molar-refractivity contribution in [1.29, 1.82) is 0 Å². The number of nitrogens with one attached hydrogen (secondary N) is 2. The zero-order chi connectivity index (χ0) is 25.6. The zero-order valence-corrected chi connectivity index (χ0v) is 20.7. The van der Waals surface area contributed by atoms with Crippen LogP contribution in [0.25, 0.3) is 11.1 Å². The van der Waals surface area contributed by atoms with E-state index in [4.69, 9.17) is 4.74 Å². The van der Waals surface area contributed by atoms with Crippen LogP contribution in [0.1, 0.15) is 36.8 Å². The van der Waals surface area contributed by atoms with Gasteiger partial charge in [0.2, 0.25) is 11.8 Å². The van der Waals surface area contributed by atoms with Gasteiger partial charge in [0.25, 0.3) is 0 Å². The Labute approximate surface area is 216 Å². The summed E-state index contributed by atoms with van der Waals surface area (Å²) in [7, 11) is 0. The van der Waals surface area contributed by atoms with E-state index in [1.54, 1.807) is 0 Å². The number of nitrogens with zero attached hydrogens (tertiary/aromatic N) is 1. The topological polar surface area (TPSA) is 87.7 Å². The quantitative estimate of drug-likeness (QED) is 0.452. The van der Waals surface area contributed by atoms with Crippen molar-refractivity contribution in [2.24, 2.45) is 5.92 Å².